The van der Waals surface area contributed by atoms with Gasteiger partial charge in [0.1, 0.15) is 5.75 Å². The third-order valence-corrected chi connectivity index (χ3v) is 3.35. The molecule has 0 aliphatic heterocycles. The van der Waals surface area contributed by atoms with Crippen LogP contribution < -0.4 is 15.4 Å². The highest BCUT2D eigenvalue weighted by Gasteiger charge is 2.07. The number of nitro benzene ring substituents is 1. The molecule has 0 atom stereocenters. The number of aryl methyl sites for hydroxylation is 1. The predicted molar refractivity (Wildman–Crippen MR) is 86.7 cm³/mol. The second-order valence-electron chi connectivity index (χ2n) is 4.92. The Morgan fingerprint density at radius 1 is 1.17 bits per heavy atom. The summed E-state index contributed by atoms with van der Waals surface area (Å²) in [6.45, 7) is 3.95. The molecule has 0 spiro atoms. The minimum Gasteiger partial charge on any atom is -0.473 e. The molecule has 2 aromatic rings. The maximum atomic E-state index is 11.7. The molecule has 0 bridgehead atoms. The number of rotatable bonds is 5. The first-order valence-corrected chi connectivity index (χ1v) is 6.95. The molecular weight excluding hydrogens is 298 g/mol. The maximum Gasteiger partial charge on any atom is 0.321 e. The highest BCUT2D eigenvalue weighted by molar-refractivity contribution is 5.89. The largest absolute Gasteiger partial charge is 0.473 e. The molecule has 0 unspecified atom stereocenters. The van der Waals surface area contributed by atoms with Crippen LogP contribution in [0.1, 0.15) is 11.1 Å². The lowest BCUT2D eigenvalue weighted by Crippen LogP contribution is -2.32. The number of amides is 2. The van der Waals surface area contributed by atoms with Crippen molar-refractivity contribution in [1.29, 1.82) is 0 Å². The van der Waals surface area contributed by atoms with Crippen LogP contribution in [0.4, 0.5) is 16.2 Å². The zero-order valence-corrected chi connectivity index (χ0v) is 12.8. The molecule has 0 aromatic heterocycles. The molecule has 0 fully saturated rings. The Morgan fingerprint density at radius 2 is 1.87 bits per heavy atom. The lowest BCUT2D eigenvalue weighted by Gasteiger charge is -2.12. The molecule has 0 aliphatic rings. The molecule has 120 valence electrons. The van der Waals surface area contributed by atoms with Gasteiger partial charge < -0.3 is 15.4 Å². The standard InChI is InChI=1S/C16H17N3O4/c1-11-4-3-5-15(12(11)2)23-10-17-16(20)18-13-6-8-14(9-7-13)19(21)22/h3-9H,10H2,1-2H3,(H2,17,18,20). The number of carbonyl (C=O) groups is 1. The monoisotopic (exact) mass is 315 g/mol. The number of hydrogen-bond acceptors (Lipinski definition) is 4. The number of benzene rings is 2. The van der Waals surface area contributed by atoms with E-state index in [4.69, 9.17) is 4.74 Å². The van der Waals surface area contributed by atoms with Crippen LogP contribution in [-0.2, 0) is 0 Å². The Morgan fingerprint density at radius 3 is 2.52 bits per heavy atom. The van der Waals surface area contributed by atoms with Crippen molar-refractivity contribution < 1.29 is 14.5 Å². The van der Waals surface area contributed by atoms with Gasteiger partial charge in [-0.15, -0.1) is 0 Å². The first-order chi connectivity index (χ1) is 11.0. The van der Waals surface area contributed by atoms with Crippen molar-refractivity contribution in [2.45, 2.75) is 13.8 Å². The van der Waals surface area contributed by atoms with Gasteiger partial charge in [-0.05, 0) is 43.2 Å². The summed E-state index contributed by atoms with van der Waals surface area (Å²) in [6, 6.07) is 10.8. The Hall–Kier alpha value is -3.09. The summed E-state index contributed by atoms with van der Waals surface area (Å²) in [5.41, 5.74) is 2.55. The van der Waals surface area contributed by atoms with E-state index < -0.39 is 11.0 Å². The molecule has 2 aromatic carbocycles. The third kappa shape index (κ3) is 4.44. The number of nitrogens with one attached hydrogen (secondary N) is 2. The summed E-state index contributed by atoms with van der Waals surface area (Å²) in [7, 11) is 0. The number of hydrogen-bond donors (Lipinski definition) is 2. The van der Waals surface area contributed by atoms with Crippen LogP contribution in [0.5, 0.6) is 5.75 Å². The number of carbonyl (C=O) groups excluding carboxylic acids is 1. The van der Waals surface area contributed by atoms with Crippen LogP contribution in [0, 0.1) is 24.0 Å². The van der Waals surface area contributed by atoms with E-state index in [0.29, 0.717) is 11.4 Å². The van der Waals surface area contributed by atoms with E-state index in [2.05, 4.69) is 10.6 Å². The summed E-state index contributed by atoms with van der Waals surface area (Å²) in [4.78, 5) is 21.8. The summed E-state index contributed by atoms with van der Waals surface area (Å²) < 4.78 is 5.52. The molecule has 2 rings (SSSR count). The minimum atomic E-state index is -0.498. The molecule has 0 radical (unpaired) electrons. The van der Waals surface area contributed by atoms with E-state index in [1.165, 1.54) is 24.3 Å². The summed E-state index contributed by atoms with van der Waals surface area (Å²) >= 11 is 0. The predicted octanol–water partition coefficient (Wildman–Crippen LogP) is 3.37. The maximum absolute atomic E-state index is 11.7. The van der Waals surface area contributed by atoms with Gasteiger partial charge in [0, 0.05) is 17.8 Å². The zero-order chi connectivity index (χ0) is 16.8. The second-order valence-corrected chi connectivity index (χ2v) is 4.92. The van der Waals surface area contributed by atoms with Gasteiger partial charge in [0.15, 0.2) is 6.73 Å². The van der Waals surface area contributed by atoms with Gasteiger partial charge in [0.2, 0.25) is 0 Å². The third-order valence-electron chi connectivity index (χ3n) is 3.35. The van der Waals surface area contributed by atoms with E-state index in [-0.39, 0.29) is 12.4 Å². The van der Waals surface area contributed by atoms with Crippen LogP contribution in [0.15, 0.2) is 42.5 Å². The average Bonchev–Trinajstić information content (AvgIpc) is 2.52. The van der Waals surface area contributed by atoms with Crippen LogP contribution >= 0.6 is 0 Å². The molecule has 0 heterocycles. The van der Waals surface area contributed by atoms with Crippen molar-refractivity contribution in [2.75, 3.05) is 12.0 Å². The smallest absolute Gasteiger partial charge is 0.321 e. The van der Waals surface area contributed by atoms with Crippen molar-refractivity contribution in [2.24, 2.45) is 0 Å². The number of anilines is 1. The van der Waals surface area contributed by atoms with Crippen molar-refractivity contribution in [3.8, 4) is 5.75 Å². The Balaban J connectivity index is 1.83. The molecule has 23 heavy (non-hydrogen) atoms. The minimum absolute atomic E-state index is 0.0170. The molecule has 7 nitrogen and oxygen atoms in total. The summed E-state index contributed by atoms with van der Waals surface area (Å²) in [6.07, 6.45) is 0. The van der Waals surface area contributed by atoms with Crippen molar-refractivity contribution in [3.05, 3.63) is 63.7 Å². The number of urea groups is 1. The van der Waals surface area contributed by atoms with Crippen LogP contribution in [-0.4, -0.2) is 17.7 Å². The van der Waals surface area contributed by atoms with Gasteiger partial charge in [0.25, 0.3) is 5.69 Å². The van der Waals surface area contributed by atoms with Crippen molar-refractivity contribution in [3.63, 3.8) is 0 Å². The van der Waals surface area contributed by atoms with Gasteiger partial charge in [-0.25, -0.2) is 4.79 Å². The van der Waals surface area contributed by atoms with E-state index in [1.807, 2.05) is 32.0 Å². The fourth-order valence-electron chi connectivity index (χ4n) is 1.90. The summed E-state index contributed by atoms with van der Waals surface area (Å²) in [5, 5.41) is 15.7. The zero-order valence-electron chi connectivity index (χ0n) is 12.8. The number of non-ortho nitro benzene ring substituents is 1. The van der Waals surface area contributed by atoms with E-state index >= 15 is 0 Å². The van der Waals surface area contributed by atoms with Crippen LogP contribution in [0.25, 0.3) is 0 Å². The molecule has 7 heteroatoms. The van der Waals surface area contributed by atoms with Crippen molar-refractivity contribution in [1.82, 2.24) is 5.32 Å². The molecule has 2 N–H and O–H groups in total. The van der Waals surface area contributed by atoms with E-state index in [9.17, 15) is 14.9 Å². The first kappa shape index (κ1) is 16.3. The van der Waals surface area contributed by atoms with Gasteiger partial charge in [-0.1, -0.05) is 12.1 Å². The SMILES string of the molecule is Cc1cccc(OCNC(=O)Nc2ccc([N+](=O)[O-])cc2)c1C. The lowest BCUT2D eigenvalue weighted by atomic mass is 10.1. The van der Waals surface area contributed by atoms with Gasteiger partial charge in [0.05, 0.1) is 4.92 Å². The number of ether oxygens (including phenoxy) is 1. The fourth-order valence-corrected chi connectivity index (χ4v) is 1.90. The van der Waals surface area contributed by atoms with Crippen LogP contribution in [0.3, 0.4) is 0 Å². The Kier molecular flexibility index (Phi) is 5.14. The highest BCUT2D eigenvalue weighted by Crippen LogP contribution is 2.20. The van der Waals surface area contributed by atoms with Crippen LogP contribution in [0.2, 0.25) is 0 Å². The molecule has 0 saturated heterocycles. The van der Waals surface area contributed by atoms with E-state index in [1.54, 1.807) is 0 Å². The molecule has 0 saturated carbocycles. The molecule has 2 amide bonds. The number of nitro groups is 1. The summed E-state index contributed by atoms with van der Waals surface area (Å²) in [5.74, 6) is 0.709. The second kappa shape index (κ2) is 7.26. The van der Waals surface area contributed by atoms with Gasteiger partial charge in [-0.3, -0.25) is 10.1 Å². The topological polar surface area (TPSA) is 93.5 Å². The molecule has 0 aliphatic carbocycles. The van der Waals surface area contributed by atoms with Gasteiger partial charge in [-0.2, -0.15) is 0 Å². The average molecular weight is 315 g/mol. The fraction of sp³-hybridized carbons (Fsp3) is 0.188. The first-order valence-electron chi connectivity index (χ1n) is 6.95. The highest BCUT2D eigenvalue weighted by atomic mass is 16.6. The Labute approximate surface area is 133 Å². The van der Waals surface area contributed by atoms with Gasteiger partial charge >= 0.3 is 6.03 Å². The van der Waals surface area contributed by atoms with E-state index in [0.717, 1.165) is 11.1 Å². The molecular formula is C16H17N3O4. The lowest BCUT2D eigenvalue weighted by molar-refractivity contribution is -0.384. The Bertz CT molecular complexity index is 714. The van der Waals surface area contributed by atoms with Crippen molar-refractivity contribution >= 4 is 17.4 Å². The normalized spacial score (nSPS) is 10.0. The quantitative estimate of drug-likeness (QED) is 0.502. The number of nitrogens with zero attached hydrogens (tertiary/aromatic N) is 1.